The SMILES string of the molecule is O=C(NCC1CC1C(=O)N[C@H]1CC[C@@H](C(=O)O)C1)OCC1c2ccccc2-c2ccccc21. The van der Waals surface area contributed by atoms with E-state index in [1.54, 1.807) is 0 Å². The summed E-state index contributed by atoms with van der Waals surface area (Å²) in [6.07, 6.45) is 2.07. The Kier molecular flexibility index (Phi) is 5.79. The van der Waals surface area contributed by atoms with Crippen LogP contribution in [0.4, 0.5) is 4.79 Å². The van der Waals surface area contributed by atoms with Gasteiger partial charge in [-0.3, -0.25) is 9.59 Å². The average molecular weight is 449 g/mol. The summed E-state index contributed by atoms with van der Waals surface area (Å²) in [6.45, 7) is 0.665. The predicted molar refractivity (Wildman–Crippen MR) is 122 cm³/mol. The molecule has 5 rings (SSSR count). The predicted octanol–water partition coefficient (Wildman–Crippen LogP) is 3.53. The van der Waals surface area contributed by atoms with E-state index >= 15 is 0 Å². The first-order valence-electron chi connectivity index (χ1n) is 11.6. The van der Waals surface area contributed by atoms with E-state index in [0.717, 1.165) is 6.42 Å². The third-order valence-electron chi connectivity index (χ3n) is 7.24. The van der Waals surface area contributed by atoms with Crippen molar-refractivity contribution in [1.29, 1.82) is 0 Å². The highest BCUT2D eigenvalue weighted by Gasteiger charge is 2.44. The molecule has 0 radical (unpaired) electrons. The summed E-state index contributed by atoms with van der Waals surface area (Å²) in [5.74, 6) is -1.19. The fourth-order valence-corrected chi connectivity index (χ4v) is 5.30. The standard InChI is InChI=1S/C26H28N2O5/c29-24(28-17-10-9-15(11-17)25(30)31)22-12-16(22)13-27-26(32)33-14-23-20-7-3-1-5-18(20)19-6-2-4-8-21(19)23/h1-8,15-17,22-23H,9-14H2,(H,27,32)(H,28,29)(H,30,31)/t15-,16?,17+,22?/m1/s1. The Bertz CT molecular complexity index is 1040. The summed E-state index contributed by atoms with van der Waals surface area (Å²) < 4.78 is 5.55. The van der Waals surface area contributed by atoms with Gasteiger partial charge in [0, 0.05) is 24.4 Å². The summed E-state index contributed by atoms with van der Waals surface area (Å²) in [7, 11) is 0. The van der Waals surface area contributed by atoms with Crippen LogP contribution >= 0.6 is 0 Å². The van der Waals surface area contributed by atoms with Crippen molar-refractivity contribution in [2.45, 2.75) is 37.6 Å². The van der Waals surface area contributed by atoms with Gasteiger partial charge in [-0.15, -0.1) is 0 Å². The van der Waals surface area contributed by atoms with E-state index in [4.69, 9.17) is 9.84 Å². The molecule has 3 aliphatic rings. The van der Waals surface area contributed by atoms with Crippen LogP contribution in [0.1, 0.15) is 42.7 Å². The molecule has 2 unspecified atom stereocenters. The smallest absolute Gasteiger partial charge is 0.407 e. The average Bonchev–Trinajstić information content (AvgIpc) is 3.33. The maximum Gasteiger partial charge on any atom is 0.407 e. The number of nitrogens with one attached hydrogen (secondary N) is 2. The van der Waals surface area contributed by atoms with Gasteiger partial charge in [0.15, 0.2) is 0 Å². The van der Waals surface area contributed by atoms with Gasteiger partial charge in [-0.25, -0.2) is 4.79 Å². The second kappa shape index (κ2) is 8.89. The van der Waals surface area contributed by atoms with Gasteiger partial charge in [0.25, 0.3) is 0 Å². The quantitative estimate of drug-likeness (QED) is 0.601. The number of hydrogen-bond acceptors (Lipinski definition) is 4. The van der Waals surface area contributed by atoms with Gasteiger partial charge in [0.05, 0.1) is 5.92 Å². The van der Waals surface area contributed by atoms with Crippen molar-refractivity contribution >= 4 is 18.0 Å². The van der Waals surface area contributed by atoms with Crippen LogP contribution < -0.4 is 10.6 Å². The van der Waals surface area contributed by atoms with Crippen LogP contribution in [0.2, 0.25) is 0 Å². The summed E-state index contributed by atoms with van der Waals surface area (Å²) >= 11 is 0. The van der Waals surface area contributed by atoms with E-state index in [1.807, 2.05) is 24.3 Å². The molecule has 4 atom stereocenters. The monoisotopic (exact) mass is 448 g/mol. The Morgan fingerprint density at radius 2 is 1.61 bits per heavy atom. The first-order chi connectivity index (χ1) is 16.0. The second-order valence-electron chi connectivity index (χ2n) is 9.36. The van der Waals surface area contributed by atoms with Crippen LogP contribution in [0.25, 0.3) is 11.1 Å². The van der Waals surface area contributed by atoms with Crippen LogP contribution in [-0.4, -0.2) is 42.3 Å². The third kappa shape index (κ3) is 4.45. The van der Waals surface area contributed by atoms with Crippen molar-refractivity contribution < 1.29 is 24.2 Å². The molecule has 0 saturated heterocycles. The van der Waals surface area contributed by atoms with Crippen molar-refractivity contribution in [3.63, 3.8) is 0 Å². The molecule has 172 valence electrons. The highest BCUT2D eigenvalue weighted by molar-refractivity contribution is 5.82. The highest BCUT2D eigenvalue weighted by atomic mass is 16.5. The maximum atomic E-state index is 12.4. The summed E-state index contributed by atoms with van der Waals surface area (Å²) in [4.78, 5) is 35.8. The first-order valence-corrected chi connectivity index (χ1v) is 11.6. The number of ether oxygens (including phenoxy) is 1. The zero-order valence-electron chi connectivity index (χ0n) is 18.3. The number of aliphatic carboxylic acids is 1. The molecule has 2 amide bonds. The van der Waals surface area contributed by atoms with Gasteiger partial charge in [-0.05, 0) is 53.9 Å². The van der Waals surface area contributed by atoms with Gasteiger partial charge in [-0.1, -0.05) is 48.5 Å². The molecule has 2 saturated carbocycles. The number of alkyl carbamates (subject to hydrolysis) is 1. The van der Waals surface area contributed by atoms with E-state index in [2.05, 4.69) is 34.9 Å². The number of fused-ring (bicyclic) bond motifs is 3. The molecule has 2 fully saturated rings. The summed E-state index contributed by atoms with van der Waals surface area (Å²) in [5.41, 5.74) is 4.71. The number of benzene rings is 2. The first kappa shape index (κ1) is 21.5. The Morgan fingerprint density at radius 1 is 0.939 bits per heavy atom. The second-order valence-corrected chi connectivity index (χ2v) is 9.36. The highest BCUT2D eigenvalue weighted by Crippen LogP contribution is 2.44. The van der Waals surface area contributed by atoms with Gasteiger partial charge in [-0.2, -0.15) is 0 Å². The number of hydrogen-bond donors (Lipinski definition) is 3. The molecule has 0 spiro atoms. The molecule has 0 heterocycles. The molecule has 33 heavy (non-hydrogen) atoms. The molecule has 0 aromatic heterocycles. The van der Waals surface area contributed by atoms with Gasteiger partial charge in [0.1, 0.15) is 6.61 Å². The number of carbonyl (C=O) groups excluding carboxylic acids is 2. The van der Waals surface area contributed by atoms with E-state index in [9.17, 15) is 14.4 Å². The molecule has 7 heteroatoms. The van der Waals surface area contributed by atoms with E-state index in [1.165, 1.54) is 22.3 Å². The van der Waals surface area contributed by atoms with Crippen LogP contribution in [0.5, 0.6) is 0 Å². The Hall–Kier alpha value is -3.35. The zero-order valence-corrected chi connectivity index (χ0v) is 18.3. The number of carboxylic acid groups (broad SMARTS) is 1. The lowest BCUT2D eigenvalue weighted by Crippen LogP contribution is -2.35. The van der Waals surface area contributed by atoms with E-state index in [-0.39, 0.29) is 42.2 Å². The topological polar surface area (TPSA) is 105 Å². The van der Waals surface area contributed by atoms with E-state index in [0.29, 0.717) is 25.8 Å². The summed E-state index contributed by atoms with van der Waals surface area (Å²) in [5, 5.41) is 14.9. The van der Waals surface area contributed by atoms with Crippen LogP contribution in [0, 0.1) is 17.8 Å². The van der Waals surface area contributed by atoms with Crippen molar-refractivity contribution in [2.75, 3.05) is 13.2 Å². The largest absolute Gasteiger partial charge is 0.481 e. The molecular weight excluding hydrogens is 420 g/mol. The van der Waals surface area contributed by atoms with Crippen LogP contribution in [0.3, 0.4) is 0 Å². The van der Waals surface area contributed by atoms with Gasteiger partial charge < -0.3 is 20.5 Å². The van der Waals surface area contributed by atoms with Gasteiger partial charge >= 0.3 is 12.1 Å². The Balaban J connectivity index is 1.07. The van der Waals surface area contributed by atoms with Crippen molar-refractivity contribution in [1.82, 2.24) is 10.6 Å². The number of carboxylic acids is 1. The fourth-order valence-electron chi connectivity index (χ4n) is 5.30. The van der Waals surface area contributed by atoms with Gasteiger partial charge in [0.2, 0.25) is 5.91 Å². The minimum Gasteiger partial charge on any atom is -0.481 e. The minimum atomic E-state index is -0.789. The molecule has 2 aromatic carbocycles. The van der Waals surface area contributed by atoms with Crippen LogP contribution in [0.15, 0.2) is 48.5 Å². The van der Waals surface area contributed by atoms with Crippen molar-refractivity contribution in [3.8, 4) is 11.1 Å². The molecule has 0 bridgehead atoms. The third-order valence-corrected chi connectivity index (χ3v) is 7.24. The normalized spacial score (nSPS) is 25.1. The van der Waals surface area contributed by atoms with Crippen molar-refractivity contribution in [3.05, 3.63) is 59.7 Å². The lowest BCUT2D eigenvalue weighted by molar-refractivity contribution is -0.141. The fraction of sp³-hybridized carbons (Fsp3) is 0.423. The molecule has 0 aliphatic heterocycles. The maximum absolute atomic E-state index is 12.4. The van der Waals surface area contributed by atoms with Crippen molar-refractivity contribution in [2.24, 2.45) is 17.8 Å². The number of amides is 2. The lowest BCUT2D eigenvalue weighted by atomic mass is 9.98. The molecule has 3 aliphatic carbocycles. The molecule has 7 nitrogen and oxygen atoms in total. The zero-order chi connectivity index (χ0) is 22.9. The number of rotatable bonds is 7. The molecule has 3 N–H and O–H groups in total. The summed E-state index contributed by atoms with van der Waals surface area (Å²) in [6, 6.07) is 16.3. The van der Waals surface area contributed by atoms with E-state index < -0.39 is 12.1 Å². The molecule has 2 aromatic rings. The van der Waals surface area contributed by atoms with Crippen LogP contribution in [-0.2, 0) is 14.3 Å². The Labute approximate surface area is 192 Å². The number of carbonyl (C=O) groups is 3. The Morgan fingerprint density at radius 3 is 2.24 bits per heavy atom. The lowest BCUT2D eigenvalue weighted by Gasteiger charge is -2.15. The minimum absolute atomic E-state index is 0.0173. The molecular formula is C26H28N2O5.